The summed E-state index contributed by atoms with van der Waals surface area (Å²) in [6.07, 6.45) is 2.45. The summed E-state index contributed by atoms with van der Waals surface area (Å²) < 4.78 is 1.60. The van der Waals surface area contributed by atoms with E-state index in [9.17, 15) is 9.90 Å². The van der Waals surface area contributed by atoms with Crippen LogP contribution in [0.15, 0.2) is 36.5 Å². The van der Waals surface area contributed by atoms with E-state index in [0.717, 1.165) is 22.2 Å². The maximum Gasteiger partial charge on any atom is 0.320 e. The van der Waals surface area contributed by atoms with Gasteiger partial charge < -0.3 is 15.4 Å². The lowest BCUT2D eigenvalue weighted by atomic mass is 10.1. The number of nitrogens with zero attached hydrogens (tertiary/aromatic N) is 2. The molecule has 0 saturated carbocycles. The molecule has 2 heterocycles. The first-order valence-corrected chi connectivity index (χ1v) is 7.81. The first kappa shape index (κ1) is 16.1. The van der Waals surface area contributed by atoms with Gasteiger partial charge in [0.15, 0.2) is 0 Å². The van der Waals surface area contributed by atoms with Crippen molar-refractivity contribution in [3.8, 4) is 0 Å². The van der Waals surface area contributed by atoms with Crippen molar-refractivity contribution < 1.29 is 9.90 Å². The standard InChI is InChI=1S/C17H21N5O2/c1-11-7-16(22(2)21-11)20-17(24)19-13(10-23)8-12-9-18-15-6-4-3-5-14(12)15/h3-7,9,13,18,23H,8,10H2,1-2H3,(H2,19,20,24)/t13-/m1/s1. The first-order chi connectivity index (χ1) is 11.6. The lowest BCUT2D eigenvalue weighted by molar-refractivity contribution is 0.224. The van der Waals surface area contributed by atoms with Gasteiger partial charge in [-0.05, 0) is 25.0 Å². The van der Waals surface area contributed by atoms with E-state index in [1.54, 1.807) is 17.8 Å². The normalized spacial score (nSPS) is 12.3. The summed E-state index contributed by atoms with van der Waals surface area (Å²) in [5, 5.41) is 20.4. The molecule has 0 aliphatic rings. The second-order valence-corrected chi connectivity index (χ2v) is 5.84. The van der Waals surface area contributed by atoms with Crippen molar-refractivity contribution in [2.24, 2.45) is 7.05 Å². The Hall–Kier alpha value is -2.80. The van der Waals surface area contributed by atoms with Crippen molar-refractivity contribution in [2.45, 2.75) is 19.4 Å². The van der Waals surface area contributed by atoms with Crippen molar-refractivity contribution in [3.05, 3.63) is 47.8 Å². The van der Waals surface area contributed by atoms with Crippen LogP contribution in [0.4, 0.5) is 10.6 Å². The SMILES string of the molecule is Cc1cc(NC(=O)N[C@@H](CO)Cc2c[nH]c3ccccc23)n(C)n1. The largest absolute Gasteiger partial charge is 0.394 e. The van der Waals surface area contributed by atoms with Crippen LogP contribution in [0.3, 0.4) is 0 Å². The summed E-state index contributed by atoms with van der Waals surface area (Å²) in [6.45, 7) is 1.72. The summed E-state index contributed by atoms with van der Waals surface area (Å²) in [6, 6.07) is 9.00. The van der Waals surface area contributed by atoms with Crippen LogP contribution in [0.25, 0.3) is 10.9 Å². The van der Waals surface area contributed by atoms with E-state index in [0.29, 0.717) is 12.2 Å². The number of aliphatic hydroxyl groups excluding tert-OH is 1. The zero-order valence-corrected chi connectivity index (χ0v) is 13.7. The van der Waals surface area contributed by atoms with Crippen LogP contribution >= 0.6 is 0 Å². The molecule has 7 nitrogen and oxygen atoms in total. The minimum absolute atomic E-state index is 0.142. The summed E-state index contributed by atoms with van der Waals surface area (Å²) in [7, 11) is 1.76. The zero-order valence-electron chi connectivity index (χ0n) is 13.7. The van der Waals surface area contributed by atoms with Crippen LogP contribution in [-0.4, -0.2) is 38.6 Å². The highest BCUT2D eigenvalue weighted by molar-refractivity contribution is 5.88. The number of benzene rings is 1. The van der Waals surface area contributed by atoms with Crippen molar-refractivity contribution in [1.29, 1.82) is 0 Å². The van der Waals surface area contributed by atoms with Crippen LogP contribution in [0.1, 0.15) is 11.3 Å². The Balaban J connectivity index is 1.66. The third-order valence-corrected chi connectivity index (χ3v) is 3.94. The number of para-hydroxylation sites is 1. The predicted octanol–water partition coefficient (Wildman–Crippen LogP) is 1.93. The Morgan fingerprint density at radius 2 is 2.21 bits per heavy atom. The second-order valence-electron chi connectivity index (χ2n) is 5.84. The Morgan fingerprint density at radius 1 is 1.42 bits per heavy atom. The molecule has 0 bridgehead atoms. The van der Waals surface area contributed by atoms with E-state index in [1.807, 2.05) is 37.4 Å². The predicted molar refractivity (Wildman–Crippen MR) is 93.0 cm³/mol. The van der Waals surface area contributed by atoms with Gasteiger partial charge >= 0.3 is 6.03 Å². The van der Waals surface area contributed by atoms with Gasteiger partial charge in [-0.1, -0.05) is 18.2 Å². The molecule has 0 spiro atoms. The monoisotopic (exact) mass is 327 g/mol. The fraction of sp³-hybridized carbons (Fsp3) is 0.294. The molecule has 4 N–H and O–H groups in total. The molecule has 2 amide bonds. The fourth-order valence-electron chi connectivity index (χ4n) is 2.79. The maximum absolute atomic E-state index is 12.2. The van der Waals surface area contributed by atoms with E-state index in [4.69, 9.17) is 0 Å². The summed E-state index contributed by atoms with van der Waals surface area (Å²) in [5.41, 5.74) is 2.92. The van der Waals surface area contributed by atoms with Crippen LogP contribution < -0.4 is 10.6 Å². The quantitative estimate of drug-likeness (QED) is 0.577. The third kappa shape index (κ3) is 3.41. The number of hydrogen-bond acceptors (Lipinski definition) is 3. The van der Waals surface area contributed by atoms with Crippen LogP contribution in [0.2, 0.25) is 0 Å². The van der Waals surface area contributed by atoms with E-state index in [2.05, 4.69) is 20.7 Å². The van der Waals surface area contributed by atoms with E-state index >= 15 is 0 Å². The molecule has 7 heteroatoms. The molecular formula is C17H21N5O2. The van der Waals surface area contributed by atoms with Gasteiger partial charge in [-0.2, -0.15) is 5.10 Å². The Bertz CT molecular complexity index is 852. The molecule has 3 aromatic rings. The molecule has 2 aromatic heterocycles. The van der Waals surface area contributed by atoms with E-state index in [1.165, 1.54) is 0 Å². The lowest BCUT2D eigenvalue weighted by Crippen LogP contribution is -2.41. The van der Waals surface area contributed by atoms with Crippen molar-refractivity contribution in [1.82, 2.24) is 20.1 Å². The highest BCUT2D eigenvalue weighted by Gasteiger charge is 2.15. The molecule has 24 heavy (non-hydrogen) atoms. The third-order valence-electron chi connectivity index (χ3n) is 3.94. The maximum atomic E-state index is 12.2. The number of urea groups is 1. The number of carbonyl (C=O) groups excluding carboxylic acids is 1. The molecule has 0 saturated heterocycles. The lowest BCUT2D eigenvalue weighted by Gasteiger charge is -2.16. The molecule has 0 aliphatic heterocycles. The van der Waals surface area contributed by atoms with Crippen LogP contribution in [0, 0.1) is 6.92 Å². The smallest absolute Gasteiger partial charge is 0.320 e. The highest BCUT2D eigenvalue weighted by Crippen LogP contribution is 2.19. The van der Waals surface area contributed by atoms with Gasteiger partial charge in [0.25, 0.3) is 0 Å². The Morgan fingerprint density at radius 3 is 2.92 bits per heavy atom. The number of anilines is 1. The first-order valence-electron chi connectivity index (χ1n) is 7.81. The number of aryl methyl sites for hydroxylation is 2. The molecule has 3 rings (SSSR count). The number of amides is 2. The second kappa shape index (κ2) is 6.76. The number of aromatic nitrogens is 3. The number of carbonyl (C=O) groups is 1. The zero-order chi connectivity index (χ0) is 17.1. The number of H-pyrrole nitrogens is 1. The van der Waals surface area contributed by atoms with Gasteiger partial charge in [-0.25, -0.2) is 4.79 Å². The molecular weight excluding hydrogens is 306 g/mol. The van der Waals surface area contributed by atoms with Gasteiger partial charge in [0.1, 0.15) is 5.82 Å². The van der Waals surface area contributed by atoms with Gasteiger partial charge in [0.2, 0.25) is 0 Å². The highest BCUT2D eigenvalue weighted by atomic mass is 16.3. The van der Waals surface area contributed by atoms with Crippen molar-refractivity contribution >= 4 is 22.8 Å². The van der Waals surface area contributed by atoms with Crippen LogP contribution in [-0.2, 0) is 13.5 Å². The molecule has 0 unspecified atom stereocenters. The molecule has 126 valence electrons. The number of nitrogens with one attached hydrogen (secondary N) is 3. The van der Waals surface area contributed by atoms with Gasteiger partial charge in [0, 0.05) is 30.2 Å². The number of aromatic amines is 1. The Kier molecular flexibility index (Phi) is 4.52. The summed E-state index contributed by atoms with van der Waals surface area (Å²) in [5.74, 6) is 0.605. The summed E-state index contributed by atoms with van der Waals surface area (Å²) >= 11 is 0. The molecule has 1 atom stereocenters. The molecule has 0 fully saturated rings. The fourth-order valence-corrected chi connectivity index (χ4v) is 2.79. The minimum Gasteiger partial charge on any atom is -0.394 e. The molecule has 1 aromatic carbocycles. The number of hydrogen-bond donors (Lipinski definition) is 4. The van der Waals surface area contributed by atoms with Gasteiger partial charge in [0.05, 0.1) is 18.3 Å². The molecule has 0 aliphatic carbocycles. The van der Waals surface area contributed by atoms with Crippen molar-refractivity contribution in [3.63, 3.8) is 0 Å². The molecule has 0 radical (unpaired) electrons. The average molecular weight is 327 g/mol. The number of fused-ring (bicyclic) bond motifs is 1. The van der Waals surface area contributed by atoms with Gasteiger partial charge in [-0.15, -0.1) is 0 Å². The number of rotatable bonds is 5. The van der Waals surface area contributed by atoms with Gasteiger partial charge in [-0.3, -0.25) is 10.00 Å². The van der Waals surface area contributed by atoms with E-state index < -0.39 is 0 Å². The van der Waals surface area contributed by atoms with E-state index in [-0.39, 0.29) is 18.7 Å². The summed E-state index contributed by atoms with van der Waals surface area (Å²) in [4.78, 5) is 15.4. The minimum atomic E-state index is -0.376. The Labute approximate surface area is 139 Å². The number of aliphatic hydroxyl groups is 1. The van der Waals surface area contributed by atoms with Crippen molar-refractivity contribution in [2.75, 3.05) is 11.9 Å². The average Bonchev–Trinajstić information content (AvgIpc) is 3.10. The van der Waals surface area contributed by atoms with Crippen LogP contribution in [0.5, 0.6) is 0 Å². The topological polar surface area (TPSA) is 95.0 Å².